The molecule has 0 N–H and O–H groups in total. The van der Waals surface area contributed by atoms with Crippen LogP contribution in [-0.2, 0) is 9.59 Å². The minimum Gasteiger partial charge on any atom is -0.497 e. The van der Waals surface area contributed by atoms with Crippen LogP contribution in [0.4, 0.5) is 0 Å². The number of Topliss-reactive ketones (excluding diaryl/α,β-unsaturated/α-hetero) is 2. The molecule has 2 saturated carbocycles. The molecule has 0 atom stereocenters. The lowest BCUT2D eigenvalue weighted by atomic mass is 10.00. The standard InChI is InChI=1S/2C7H8O.2C6H10O/c2*1-8-7-5-3-2-4-6-7;2*7-6-4-2-1-3-5-6/h2*2-6H,1H3;2*1-5H2. The van der Waals surface area contributed by atoms with Gasteiger partial charge in [-0.3, -0.25) is 9.59 Å². The van der Waals surface area contributed by atoms with Crippen molar-refractivity contribution >= 4 is 11.6 Å². The maximum absolute atomic E-state index is 10.5. The number of carbonyl (C=O) groups is 2. The lowest BCUT2D eigenvalue weighted by Gasteiger charge is -2.05. The molecular weight excluding hydrogens is 376 g/mol. The molecule has 2 aliphatic rings. The Hall–Kier alpha value is -2.62. The summed E-state index contributed by atoms with van der Waals surface area (Å²) in [6, 6.07) is 19.4. The summed E-state index contributed by atoms with van der Waals surface area (Å²) in [6.45, 7) is 0. The minimum absolute atomic E-state index is 0.464. The van der Waals surface area contributed by atoms with Gasteiger partial charge in [-0.05, 0) is 49.9 Å². The van der Waals surface area contributed by atoms with Gasteiger partial charge in [0.2, 0.25) is 0 Å². The van der Waals surface area contributed by atoms with Crippen molar-refractivity contribution in [1.82, 2.24) is 0 Å². The summed E-state index contributed by atoms with van der Waals surface area (Å²) in [5.74, 6) is 2.75. The van der Waals surface area contributed by atoms with E-state index in [1.165, 1.54) is 12.8 Å². The van der Waals surface area contributed by atoms with Gasteiger partial charge in [-0.1, -0.05) is 49.2 Å². The van der Waals surface area contributed by atoms with Crippen molar-refractivity contribution in [3.8, 4) is 11.5 Å². The first-order chi connectivity index (χ1) is 14.7. The van der Waals surface area contributed by atoms with E-state index in [1.54, 1.807) is 14.2 Å². The molecule has 0 aliphatic heterocycles. The van der Waals surface area contributed by atoms with Gasteiger partial charge in [-0.15, -0.1) is 0 Å². The molecule has 0 amide bonds. The molecule has 4 nitrogen and oxygen atoms in total. The number of benzene rings is 2. The second kappa shape index (κ2) is 17.3. The van der Waals surface area contributed by atoms with Crippen molar-refractivity contribution in [3.05, 3.63) is 60.7 Å². The number of ether oxygens (including phenoxy) is 2. The van der Waals surface area contributed by atoms with Gasteiger partial charge in [0.25, 0.3) is 0 Å². The van der Waals surface area contributed by atoms with Gasteiger partial charge in [-0.25, -0.2) is 0 Å². The largest absolute Gasteiger partial charge is 0.497 e. The van der Waals surface area contributed by atoms with Crippen LogP contribution in [0.25, 0.3) is 0 Å². The summed E-state index contributed by atoms with van der Waals surface area (Å²) in [4.78, 5) is 20.9. The lowest BCUT2D eigenvalue weighted by Crippen LogP contribution is -2.02. The van der Waals surface area contributed by atoms with Crippen molar-refractivity contribution < 1.29 is 19.1 Å². The first-order valence-electron chi connectivity index (χ1n) is 10.9. The molecule has 0 aromatic heterocycles. The van der Waals surface area contributed by atoms with Crippen LogP contribution in [-0.4, -0.2) is 25.8 Å². The lowest BCUT2D eigenvalue weighted by molar-refractivity contribution is -0.121. The van der Waals surface area contributed by atoms with E-state index in [4.69, 9.17) is 9.47 Å². The van der Waals surface area contributed by atoms with Crippen LogP contribution in [0.3, 0.4) is 0 Å². The molecule has 0 heterocycles. The monoisotopic (exact) mass is 412 g/mol. The van der Waals surface area contributed by atoms with Crippen molar-refractivity contribution in [1.29, 1.82) is 0 Å². The number of hydrogen-bond acceptors (Lipinski definition) is 4. The number of para-hydroxylation sites is 2. The minimum atomic E-state index is 0.464. The van der Waals surface area contributed by atoms with Crippen molar-refractivity contribution in [2.45, 2.75) is 64.2 Å². The van der Waals surface area contributed by atoms with Crippen LogP contribution in [0.15, 0.2) is 60.7 Å². The Labute approximate surface area is 181 Å². The van der Waals surface area contributed by atoms with Gasteiger partial charge in [0, 0.05) is 25.7 Å². The molecule has 4 heteroatoms. The molecule has 0 saturated heterocycles. The van der Waals surface area contributed by atoms with E-state index in [1.807, 2.05) is 60.7 Å². The third kappa shape index (κ3) is 13.5. The summed E-state index contributed by atoms with van der Waals surface area (Å²) in [5, 5.41) is 0. The van der Waals surface area contributed by atoms with E-state index < -0.39 is 0 Å². The molecule has 2 fully saturated rings. The number of ketones is 2. The van der Waals surface area contributed by atoms with E-state index >= 15 is 0 Å². The zero-order chi connectivity index (χ0) is 21.9. The summed E-state index contributed by atoms with van der Waals surface area (Å²) >= 11 is 0. The summed E-state index contributed by atoms with van der Waals surface area (Å²) in [5.41, 5.74) is 0. The zero-order valence-electron chi connectivity index (χ0n) is 18.5. The van der Waals surface area contributed by atoms with Gasteiger partial charge in [0.1, 0.15) is 23.1 Å². The number of methoxy groups -OCH3 is 2. The second-order valence-electron chi connectivity index (χ2n) is 7.23. The topological polar surface area (TPSA) is 52.6 Å². The van der Waals surface area contributed by atoms with Crippen LogP contribution in [0.1, 0.15) is 64.2 Å². The molecule has 2 aliphatic carbocycles. The fourth-order valence-electron chi connectivity index (χ4n) is 3.01. The molecule has 0 bridgehead atoms. The van der Waals surface area contributed by atoms with E-state index in [-0.39, 0.29) is 0 Å². The predicted octanol–water partition coefficient (Wildman–Crippen LogP) is 6.43. The number of hydrogen-bond donors (Lipinski definition) is 0. The van der Waals surface area contributed by atoms with E-state index in [9.17, 15) is 9.59 Å². The third-order valence-electron chi connectivity index (χ3n) is 4.78. The van der Waals surface area contributed by atoms with Gasteiger partial charge < -0.3 is 9.47 Å². The maximum atomic E-state index is 10.5. The molecule has 0 unspecified atom stereocenters. The summed E-state index contributed by atoms with van der Waals surface area (Å²) < 4.78 is 9.83. The second-order valence-corrected chi connectivity index (χ2v) is 7.23. The zero-order valence-corrected chi connectivity index (χ0v) is 18.5. The van der Waals surface area contributed by atoms with Crippen molar-refractivity contribution in [3.63, 3.8) is 0 Å². The van der Waals surface area contributed by atoms with E-state index in [0.717, 1.165) is 62.9 Å². The third-order valence-corrected chi connectivity index (χ3v) is 4.78. The number of carbonyl (C=O) groups excluding carboxylic acids is 2. The average molecular weight is 413 g/mol. The average Bonchev–Trinajstić information content (AvgIpc) is 2.82. The molecule has 0 radical (unpaired) electrons. The first-order valence-corrected chi connectivity index (χ1v) is 10.9. The Bertz CT molecular complexity index is 605. The van der Waals surface area contributed by atoms with Crippen LogP contribution in [0.5, 0.6) is 11.5 Å². The first kappa shape index (κ1) is 25.4. The van der Waals surface area contributed by atoms with Crippen molar-refractivity contribution in [2.75, 3.05) is 14.2 Å². The molecule has 0 spiro atoms. The fraction of sp³-hybridized carbons (Fsp3) is 0.462. The van der Waals surface area contributed by atoms with Crippen LogP contribution < -0.4 is 9.47 Å². The van der Waals surface area contributed by atoms with E-state index in [2.05, 4.69) is 0 Å². The van der Waals surface area contributed by atoms with Gasteiger partial charge in [0.05, 0.1) is 14.2 Å². The Morgan fingerprint density at radius 3 is 0.967 bits per heavy atom. The Morgan fingerprint density at radius 1 is 0.500 bits per heavy atom. The molecule has 4 rings (SSSR count). The van der Waals surface area contributed by atoms with E-state index in [0.29, 0.717) is 11.6 Å². The highest BCUT2D eigenvalue weighted by Crippen LogP contribution is 2.13. The highest BCUT2D eigenvalue weighted by molar-refractivity contribution is 5.79. The smallest absolute Gasteiger partial charge is 0.132 e. The molecule has 30 heavy (non-hydrogen) atoms. The Morgan fingerprint density at radius 2 is 0.800 bits per heavy atom. The number of rotatable bonds is 2. The van der Waals surface area contributed by atoms with Gasteiger partial charge >= 0.3 is 0 Å². The maximum Gasteiger partial charge on any atom is 0.132 e. The van der Waals surface area contributed by atoms with Crippen LogP contribution in [0, 0.1) is 0 Å². The highest BCUT2D eigenvalue weighted by atomic mass is 16.5. The summed E-state index contributed by atoms with van der Waals surface area (Å²) in [6.07, 6.45) is 10.5. The Balaban J connectivity index is 0.000000200. The predicted molar refractivity (Wildman–Crippen MR) is 122 cm³/mol. The SMILES string of the molecule is COc1ccccc1.COc1ccccc1.O=C1CCCCC1.O=C1CCCCC1. The fourth-order valence-corrected chi connectivity index (χ4v) is 3.01. The van der Waals surface area contributed by atoms with Crippen molar-refractivity contribution in [2.24, 2.45) is 0 Å². The highest BCUT2D eigenvalue weighted by Gasteiger charge is 2.06. The van der Waals surface area contributed by atoms with Gasteiger partial charge in [0.15, 0.2) is 0 Å². The van der Waals surface area contributed by atoms with Crippen LogP contribution in [0.2, 0.25) is 0 Å². The molecule has 164 valence electrons. The van der Waals surface area contributed by atoms with Crippen LogP contribution >= 0.6 is 0 Å². The normalized spacial score (nSPS) is 15.1. The molecule has 2 aromatic rings. The Kier molecular flexibility index (Phi) is 14.6. The molecule has 2 aromatic carbocycles. The molecular formula is C26H36O4. The van der Waals surface area contributed by atoms with Gasteiger partial charge in [-0.2, -0.15) is 0 Å². The summed E-state index contributed by atoms with van der Waals surface area (Å²) in [7, 11) is 3.32. The quantitative estimate of drug-likeness (QED) is 0.570.